The summed E-state index contributed by atoms with van der Waals surface area (Å²) in [5.74, 6) is 0.0617. The van der Waals surface area contributed by atoms with Gasteiger partial charge in [-0.1, -0.05) is 11.6 Å². The second-order valence-corrected chi connectivity index (χ2v) is 9.76. The van der Waals surface area contributed by atoms with Gasteiger partial charge in [-0.05, 0) is 39.2 Å². The minimum Gasteiger partial charge on any atom is -0.485 e. The third kappa shape index (κ3) is 6.01. The molecule has 1 spiro atoms. The number of H-pyrrole nitrogens is 1. The largest absolute Gasteiger partial charge is 0.485 e. The average molecular weight is 503 g/mol. The number of amides is 1. The average Bonchev–Trinajstić information content (AvgIpc) is 3.42. The standard InChI is InChI=1S/C24H31ClN6O4/c1-15(25)18(11-32)12-34-21-7-17(9-27-22(21)26)23(33)30-19-8-24(35-13-19)3-5-31(6-4-24)10-20-16(2)28-14-29-20/h7,9,11,14,19H,3-6,8,10,12-13H2,1-2H3,(H2,26,27)(H,28,29)(H,30,33). The molecule has 0 saturated carbocycles. The Morgan fingerprint density at radius 1 is 1.43 bits per heavy atom. The van der Waals surface area contributed by atoms with Gasteiger partial charge < -0.3 is 25.5 Å². The number of likely N-dealkylation sites (tertiary alicyclic amines) is 1. The van der Waals surface area contributed by atoms with Gasteiger partial charge in [0.2, 0.25) is 0 Å². The molecule has 2 aliphatic rings. The fourth-order valence-corrected chi connectivity index (χ4v) is 4.60. The zero-order valence-corrected chi connectivity index (χ0v) is 20.7. The van der Waals surface area contributed by atoms with Gasteiger partial charge in [0.15, 0.2) is 17.9 Å². The van der Waals surface area contributed by atoms with Gasteiger partial charge in [-0.25, -0.2) is 9.97 Å². The number of piperidine rings is 1. The molecule has 1 unspecified atom stereocenters. The molecule has 2 saturated heterocycles. The summed E-state index contributed by atoms with van der Waals surface area (Å²) in [4.78, 5) is 38.0. The molecule has 2 aliphatic heterocycles. The molecule has 0 bridgehead atoms. The molecule has 35 heavy (non-hydrogen) atoms. The van der Waals surface area contributed by atoms with Gasteiger partial charge in [0, 0.05) is 42.1 Å². The van der Waals surface area contributed by atoms with E-state index in [2.05, 4.69) is 25.2 Å². The van der Waals surface area contributed by atoms with Crippen molar-refractivity contribution in [1.82, 2.24) is 25.2 Å². The van der Waals surface area contributed by atoms with Crippen LogP contribution in [0.15, 0.2) is 29.2 Å². The summed E-state index contributed by atoms with van der Waals surface area (Å²) in [6.45, 7) is 6.72. The molecule has 11 heteroatoms. The van der Waals surface area contributed by atoms with E-state index in [1.165, 1.54) is 12.3 Å². The second kappa shape index (κ2) is 10.8. The lowest BCUT2D eigenvalue weighted by Crippen LogP contribution is -2.44. The van der Waals surface area contributed by atoms with Crippen LogP contribution in [0.3, 0.4) is 0 Å². The van der Waals surface area contributed by atoms with Crippen molar-refractivity contribution in [2.75, 3.05) is 32.0 Å². The van der Waals surface area contributed by atoms with Crippen LogP contribution in [-0.2, 0) is 16.1 Å². The molecule has 188 valence electrons. The van der Waals surface area contributed by atoms with Crippen molar-refractivity contribution in [2.24, 2.45) is 0 Å². The molecule has 0 aliphatic carbocycles. The molecular weight excluding hydrogens is 472 g/mol. The summed E-state index contributed by atoms with van der Waals surface area (Å²) in [5.41, 5.74) is 8.46. The fraction of sp³-hybridized carbons (Fsp3) is 0.500. The highest BCUT2D eigenvalue weighted by Crippen LogP contribution is 2.36. The van der Waals surface area contributed by atoms with Gasteiger partial charge in [0.25, 0.3) is 5.91 Å². The number of hydrogen-bond acceptors (Lipinski definition) is 8. The smallest absolute Gasteiger partial charge is 0.253 e. The predicted molar refractivity (Wildman–Crippen MR) is 131 cm³/mol. The van der Waals surface area contributed by atoms with Crippen molar-refractivity contribution >= 4 is 29.6 Å². The molecule has 2 fully saturated rings. The predicted octanol–water partition coefficient (Wildman–Crippen LogP) is 2.34. The molecule has 0 radical (unpaired) electrons. The number of nitrogens with one attached hydrogen (secondary N) is 2. The molecule has 1 atom stereocenters. The summed E-state index contributed by atoms with van der Waals surface area (Å²) in [6, 6.07) is 1.43. The van der Waals surface area contributed by atoms with E-state index >= 15 is 0 Å². The van der Waals surface area contributed by atoms with Gasteiger partial charge in [-0.15, -0.1) is 0 Å². The Kier molecular flexibility index (Phi) is 7.73. The third-order valence-electron chi connectivity index (χ3n) is 6.73. The first-order valence-electron chi connectivity index (χ1n) is 11.6. The third-order valence-corrected chi connectivity index (χ3v) is 6.97. The van der Waals surface area contributed by atoms with Crippen LogP contribution in [-0.4, -0.2) is 70.0 Å². The summed E-state index contributed by atoms with van der Waals surface area (Å²) >= 11 is 5.87. The maximum atomic E-state index is 12.9. The summed E-state index contributed by atoms with van der Waals surface area (Å²) in [6.07, 6.45) is 6.36. The lowest BCUT2D eigenvalue weighted by molar-refractivity contribution is -0.105. The number of nitrogen functional groups attached to an aromatic ring is 1. The van der Waals surface area contributed by atoms with Crippen molar-refractivity contribution in [2.45, 2.75) is 51.3 Å². The number of halogens is 1. The van der Waals surface area contributed by atoms with E-state index in [1.807, 2.05) is 6.92 Å². The molecule has 1 amide bonds. The number of hydrogen-bond donors (Lipinski definition) is 3. The number of nitrogens with two attached hydrogens (primary N) is 1. The van der Waals surface area contributed by atoms with Crippen LogP contribution < -0.4 is 15.8 Å². The van der Waals surface area contributed by atoms with Gasteiger partial charge in [0.05, 0.1) is 35.8 Å². The molecule has 4 heterocycles. The highest BCUT2D eigenvalue weighted by molar-refractivity contribution is 6.30. The highest BCUT2D eigenvalue weighted by atomic mass is 35.5. The zero-order valence-electron chi connectivity index (χ0n) is 20.0. The first-order valence-corrected chi connectivity index (χ1v) is 12.0. The number of aromatic nitrogens is 3. The fourth-order valence-electron chi connectivity index (χ4n) is 4.50. The van der Waals surface area contributed by atoms with E-state index in [0.717, 1.165) is 50.3 Å². The zero-order chi connectivity index (χ0) is 25.0. The summed E-state index contributed by atoms with van der Waals surface area (Å²) in [7, 11) is 0. The Morgan fingerprint density at radius 2 is 2.20 bits per heavy atom. The topological polar surface area (TPSA) is 135 Å². The number of carbonyl (C=O) groups excluding carboxylic acids is 2. The quantitative estimate of drug-likeness (QED) is 0.369. The van der Waals surface area contributed by atoms with Crippen LogP contribution in [0.25, 0.3) is 0 Å². The number of allylic oxidation sites excluding steroid dienone is 1. The molecule has 0 aromatic carbocycles. The molecule has 2 aromatic heterocycles. The monoisotopic (exact) mass is 502 g/mol. The van der Waals surface area contributed by atoms with Crippen LogP contribution in [0, 0.1) is 6.92 Å². The van der Waals surface area contributed by atoms with E-state index in [9.17, 15) is 9.59 Å². The van der Waals surface area contributed by atoms with Gasteiger partial charge in [-0.3, -0.25) is 14.5 Å². The van der Waals surface area contributed by atoms with Crippen molar-refractivity contribution in [1.29, 1.82) is 0 Å². The lowest BCUT2D eigenvalue weighted by Gasteiger charge is -2.38. The van der Waals surface area contributed by atoms with Crippen LogP contribution in [0.2, 0.25) is 0 Å². The van der Waals surface area contributed by atoms with E-state index in [4.69, 9.17) is 26.8 Å². The molecular formula is C24H31ClN6O4. The minimum absolute atomic E-state index is 0.0640. The number of nitrogens with zero attached hydrogens (tertiary/aromatic N) is 3. The Hall–Kier alpha value is -2.95. The number of imidazole rings is 1. The van der Waals surface area contributed by atoms with E-state index < -0.39 is 0 Å². The van der Waals surface area contributed by atoms with Crippen molar-refractivity contribution in [3.8, 4) is 5.75 Å². The number of carbonyl (C=O) groups is 2. The number of pyridine rings is 1. The van der Waals surface area contributed by atoms with Crippen LogP contribution in [0.1, 0.15) is 47.9 Å². The maximum Gasteiger partial charge on any atom is 0.253 e. The van der Waals surface area contributed by atoms with Crippen LogP contribution >= 0.6 is 11.6 Å². The SMILES string of the molecule is CC(Cl)=C(C=O)COc1cc(C(=O)NC2COC3(CCN(Cc4nc[nH]c4C)CC3)C2)cnc1N. The Balaban J connectivity index is 1.30. The lowest BCUT2D eigenvalue weighted by atomic mass is 9.87. The van der Waals surface area contributed by atoms with E-state index in [0.29, 0.717) is 29.1 Å². The number of rotatable bonds is 8. The molecule has 4 rings (SSSR count). The second-order valence-electron chi connectivity index (χ2n) is 9.19. The minimum atomic E-state index is -0.279. The first kappa shape index (κ1) is 25.2. The van der Waals surface area contributed by atoms with Gasteiger partial charge in [-0.2, -0.15) is 0 Å². The van der Waals surface area contributed by atoms with Gasteiger partial charge in [0.1, 0.15) is 6.61 Å². The van der Waals surface area contributed by atoms with Gasteiger partial charge >= 0.3 is 0 Å². The molecule has 10 nitrogen and oxygen atoms in total. The molecule has 4 N–H and O–H groups in total. The van der Waals surface area contributed by atoms with Crippen LogP contribution in [0.5, 0.6) is 5.75 Å². The van der Waals surface area contributed by atoms with E-state index in [1.54, 1.807) is 13.3 Å². The number of aromatic amines is 1. The van der Waals surface area contributed by atoms with E-state index in [-0.39, 0.29) is 35.7 Å². The van der Waals surface area contributed by atoms with Crippen LogP contribution in [0.4, 0.5) is 5.82 Å². The molecule has 2 aromatic rings. The Bertz CT molecular complexity index is 1110. The van der Waals surface area contributed by atoms with Crippen molar-refractivity contribution in [3.63, 3.8) is 0 Å². The van der Waals surface area contributed by atoms with Crippen molar-refractivity contribution < 1.29 is 19.1 Å². The number of aldehydes is 1. The maximum absolute atomic E-state index is 12.9. The Morgan fingerprint density at radius 3 is 2.86 bits per heavy atom. The number of ether oxygens (including phenoxy) is 2. The number of aryl methyl sites for hydroxylation is 1. The Labute approximate surface area is 209 Å². The number of anilines is 1. The normalized spacial score (nSPS) is 20.5. The first-order chi connectivity index (χ1) is 16.8. The summed E-state index contributed by atoms with van der Waals surface area (Å²) in [5, 5.41) is 3.38. The summed E-state index contributed by atoms with van der Waals surface area (Å²) < 4.78 is 11.8. The highest BCUT2D eigenvalue weighted by Gasteiger charge is 2.43. The van der Waals surface area contributed by atoms with Crippen molar-refractivity contribution in [3.05, 3.63) is 46.1 Å².